The normalized spacial score (nSPS) is 18.2. The summed E-state index contributed by atoms with van der Waals surface area (Å²) in [5.41, 5.74) is 2.62. The van der Waals surface area contributed by atoms with E-state index in [0.29, 0.717) is 18.4 Å². The quantitative estimate of drug-likeness (QED) is 0.453. The van der Waals surface area contributed by atoms with E-state index in [9.17, 15) is 25.2 Å². The highest BCUT2D eigenvalue weighted by Gasteiger charge is 2.42. The molecule has 0 bridgehead atoms. The predicted molar refractivity (Wildman–Crippen MR) is 124 cm³/mol. The number of hydrogen-bond donors (Lipinski definition) is 4. The molecule has 0 aromatic heterocycles. The van der Waals surface area contributed by atoms with Crippen molar-refractivity contribution in [1.29, 1.82) is 0 Å². The molecule has 1 heterocycles. The van der Waals surface area contributed by atoms with Crippen LogP contribution >= 0.6 is 0 Å². The van der Waals surface area contributed by atoms with E-state index in [0.717, 1.165) is 17.2 Å². The van der Waals surface area contributed by atoms with E-state index in [-0.39, 0.29) is 45.8 Å². The summed E-state index contributed by atoms with van der Waals surface area (Å²) in [5.74, 6) is -1.10. The molecule has 33 heavy (non-hydrogen) atoms. The van der Waals surface area contributed by atoms with Gasteiger partial charge < -0.3 is 29.9 Å². The Labute approximate surface area is 193 Å². The maximum atomic E-state index is 13.2. The van der Waals surface area contributed by atoms with E-state index in [1.807, 2.05) is 20.8 Å². The number of carbonyl (C=O) groups excluding carboxylic acids is 1. The van der Waals surface area contributed by atoms with Crippen molar-refractivity contribution in [2.75, 3.05) is 7.11 Å². The van der Waals surface area contributed by atoms with Crippen LogP contribution in [-0.4, -0.2) is 39.4 Å². The van der Waals surface area contributed by atoms with Crippen molar-refractivity contribution < 1.29 is 34.7 Å². The van der Waals surface area contributed by atoms with Gasteiger partial charge >= 0.3 is 0 Å². The predicted octanol–water partition coefficient (Wildman–Crippen LogP) is 4.58. The average molecular weight is 455 g/mol. The number of ether oxygens (including phenoxy) is 2. The number of rotatable bonds is 7. The fourth-order valence-corrected chi connectivity index (χ4v) is 3.95. The Balaban J connectivity index is 2.14. The second-order valence-corrected chi connectivity index (χ2v) is 8.64. The summed E-state index contributed by atoms with van der Waals surface area (Å²) in [6.07, 6.45) is 0.254. The minimum Gasteiger partial charge on any atom is -0.508 e. The first-order valence-electron chi connectivity index (χ1n) is 10.7. The number of fused-ring (bicyclic) bond motifs is 1. The number of allylic oxidation sites excluding steroid dienone is 3. The van der Waals surface area contributed by atoms with Crippen LogP contribution in [0.4, 0.5) is 0 Å². The van der Waals surface area contributed by atoms with Crippen LogP contribution in [0.1, 0.15) is 54.8 Å². The first kappa shape index (κ1) is 24.2. The van der Waals surface area contributed by atoms with Gasteiger partial charge in [0.15, 0.2) is 12.2 Å². The molecule has 1 aliphatic rings. The van der Waals surface area contributed by atoms with Crippen LogP contribution in [0.3, 0.4) is 0 Å². The zero-order chi connectivity index (χ0) is 24.4. The highest BCUT2D eigenvalue weighted by Crippen LogP contribution is 2.48. The van der Waals surface area contributed by atoms with Crippen LogP contribution in [0, 0.1) is 5.92 Å². The van der Waals surface area contributed by atoms with Crippen LogP contribution in [0.25, 0.3) is 0 Å². The third kappa shape index (κ3) is 4.83. The average Bonchev–Trinajstić information content (AvgIpc) is 2.74. The summed E-state index contributed by atoms with van der Waals surface area (Å²) in [7, 11) is 1.36. The molecule has 0 saturated heterocycles. The van der Waals surface area contributed by atoms with Gasteiger partial charge in [-0.15, -0.1) is 0 Å². The molecule has 0 spiro atoms. The minimum absolute atomic E-state index is 0.0330. The van der Waals surface area contributed by atoms with Crippen molar-refractivity contribution in [3.63, 3.8) is 0 Å². The summed E-state index contributed by atoms with van der Waals surface area (Å²) in [5, 5.41) is 41.5. The number of benzene rings is 2. The molecule has 1 aliphatic heterocycles. The first-order chi connectivity index (χ1) is 15.5. The molecule has 0 radical (unpaired) electrons. The molecule has 0 saturated carbocycles. The summed E-state index contributed by atoms with van der Waals surface area (Å²) in [6, 6.07) is 5.15. The lowest BCUT2D eigenvalue weighted by Gasteiger charge is -2.33. The Kier molecular flexibility index (Phi) is 7.03. The van der Waals surface area contributed by atoms with E-state index in [1.54, 1.807) is 0 Å². The highest BCUT2D eigenvalue weighted by molar-refractivity contribution is 6.06. The Bertz CT molecular complexity index is 1110. The van der Waals surface area contributed by atoms with Crippen molar-refractivity contribution in [3.05, 3.63) is 64.8 Å². The van der Waals surface area contributed by atoms with Crippen molar-refractivity contribution in [2.45, 2.75) is 45.8 Å². The number of phenols is 3. The minimum atomic E-state index is -1.62. The van der Waals surface area contributed by atoms with Crippen LogP contribution in [0.2, 0.25) is 0 Å². The second kappa shape index (κ2) is 9.58. The Morgan fingerprint density at radius 3 is 2.45 bits per heavy atom. The van der Waals surface area contributed by atoms with E-state index >= 15 is 0 Å². The van der Waals surface area contributed by atoms with E-state index < -0.39 is 18.0 Å². The van der Waals surface area contributed by atoms with Gasteiger partial charge in [-0.2, -0.15) is 0 Å². The van der Waals surface area contributed by atoms with E-state index in [2.05, 4.69) is 12.7 Å². The van der Waals surface area contributed by atoms with Crippen molar-refractivity contribution >= 4 is 5.78 Å². The van der Waals surface area contributed by atoms with Crippen LogP contribution < -0.4 is 9.47 Å². The number of ketones is 1. The van der Waals surface area contributed by atoms with E-state index in [4.69, 9.17) is 9.47 Å². The Morgan fingerprint density at radius 2 is 1.88 bits per heavy atom. The smallest absolute Gasteiger partial charge is 0.202 e. The van der Waals surface area contributed by atoms with Crippen molar-refractivity contribution in [1.82, 2.24) is 0 Å². The standard InChI is InChI=1S/C26H30O7/c1-13(2)6-7-15(14(3)4)10-18-20(29)12-21(32-5)22-23(30)24(31)26(33-25(18)22)17-9-8-16(27)11-19(17)28/h6,8-9,11-12,15,24,26-29,31H,3,7,10H2,1-2,4-5H3/t15?,24-,26?/m0/s1. The zero-order valence-electron chi connectivity index (χ0n) is 19.3. The maximum absolute atomic E-state index is 13.2. The number of carbonyl (C=O) groups is 1. The number of hydrogen-bond acceptors (Lipinski definition) is 7. The van der Waals surface area contributed by atoms with Crippen molar-refractivity contribution in [2.24, 2.45) is 5.92 Å². The molecule has 0 fully saturated rings. The molecule has 2 aromatic rings. The topological polar surface area (TPSA) is 116 Å². The number of Topliss-reactive ketones (excluding diaryl/α,β-unsaturated/α-hetero) is 1. The molecule has 2 unspecified atom stereocenters. The van der Waals surface area contributed by atoms with Gasteiger partial charge in [0.1, 0.15) is 34.3 Å². The second-order valence-electron chi connectivity index (χ2n) is 8.64. The van der Waals surface area contributed by atoms with Gasteiger partial charge in [-0.05, 0) is 51.7 Å². The van der Waals surface area contributed by atoms with Crippen LogP contribution in [-0.2, 0) is 6.42 Å². The van der Waals surface area contributed by atoms with Gasteiger partial charge in [-0.1, -0.05) is 23.8 Å². The number of aliphatic hydroxyl groups excluding tert-OH is 1. The number of aromatic hydroxyl groups is 3. The molecule has 4 N–H and O–H groups in total. The van der Waals surface area contributed by atoms with Gasteiger partial charge in [0.2, 0.25) is 5.78 Å². The molecule has 7 nitrogen and oxygen atoms in total. The van der Waals surface area contributed by atoms with E-state index in [1.165, 1.54) is 25.3 Å². The summed E-state index contributed by atoms with van der Waals surface area (Å²) < 4.78 is 11.4. The zero-order valence-corrected chi connectivity index (χ0v) is 19.3. The molecule has 0 aliphatic carbocycles. The third-order valence-corrected chi connectivity index (χ3v) is 5.87. The molecule has 2 aromatic carbocycles. The van der Waals surface area contributed by atoms with Gasteiger partial charge in [0.05, 0.1) is 7.11 Å². The Hall–Kier alpha value is -3.45. The van der Waals surface area contributed by atoms with Gasteiger partial charge in [0.25, 0.3) is 0 Å². The van der Waals surface area contributed by atoms with Gasteiger partial charge in [-0.3, -0.25) is 4.79 Å². The van der Waals surface area contributed by atoms with Crippen LogP contribution in [0.15, 0.2) is 48.1 Å². The lowest BCUT2D eigenvalue weighted by atomic mass is 9.85. The highest BCUT2D eigenvalue weighted by atomic mass is 16.5. The van der Waals surface area contributed by atoms with Crippen molar-refractivity contribution in [3.8, 4) is 28.7 Å². The summed E-state index contributed by atoms with van der Waals surface area (Å²) in [6.45, 7) is 9.98. The number of methoxy groups -OCH3 is 1. The molecule has 0 amide bonds. The van der Waals surface area contributed by atoms with Gasteiger partial charge in [0, 0.05) is 23.3 Å². The molecule has 7 heteroatoms. The number of aliphatic hydroxyl groups is 1. The van der Waals surface area contributed by atoms with Gasteiger partial charge in [-0.25, -0.2) is 0 Å². The molecule has 3 rings (SSSR count). The van der Waals surface area contributed by atoms with Crippen LogP contribution in [0.5, 0.6) is 28.7 Å². The Morgan fingerprint density at radius 1 is 1.18 bits per heavy atom. The summed E-state index contributed by atoms with van der Waals surface area (Å²) in [4.78, 5) is 13.2. The fraction of sp³-hybridized carbons (Fsp3) is 0.346. The SMILES string of the molecule is C=C(C)C(CC=C(C)C)Cc1c(O)cc(OC)c2c1OC(c1ccc(O)cc1O)[C@@H](O)C2=O. The largest absolute Gasteiger partial charge is 0.508 e. The lowest BCUT2D eigenvalue weighted by Crippen LogP contribution is -2.37. The first-order valence-corrected chi connectivity index (χ1v) is 10.7. The number of phenolic OH excluding ortho intramolecular Hbond substituents is 3. The monoisotopic (exact) mass is 454 g/mol. The molecular formula is C26H30O7. The summed E-state index contributed by atoms with van der Waals surface area (Å²) >= 11 is 0. The fourth-order valence-electron chi connectivity index (χ4n) is 3.95. The molecule has 3 atom stereocenters. The molecule has 176 valence electrons. The molecular weight excluding hydrogens is 424 g/mol. The lowest BCUT2D eigenvalue weighted by molar-refractivity contribution is 0.0197. The third-order valence-electron chi connectivity index (χ3n) is 5.87. The maximum Gasteiger partial charge on any atom is 0.202 e.